The Balaban J connectivity index is 1.62. The minimum atomic E-state index is -0.223. The molecular weight excluding hydrogens is 618 g/mol. The van der Waals surface area contributed by atoms with Gasteiger partial charge in [0.25, 0.3) is 0 Å². The molecule has 0 amide bonds. The predicted octanol–water partition coefficient (Wildman–Crippen LogP) is 6.96. The molecule has 1 aliphatic carbocycles. The van der Waals surface area contributed by atoms with Crippen molar-refractivity contribution in [2.24, 2.45) is 35.5 Å². The minimum absolute atomic E-state index is 0.00427. The van der Waals surface area contributed by atoms with Gasteiger partial charge in [-0.3, -0.25) is 14.4 Å². The molecule has 9 heteroatoms. The lowest BCUT2D eigenvalue weighted by atomic mass is 9.70. The molecule has 3 aliphatic rings. The van der Waals surface area contributed by atoms with Crippen molar-refractivity contribution in [3.05, 3.63) is 0 Å². The van der Waals surface area contributed by atoms with E-state index in [0.717, 1.165) is 45.1 Å². The van der Waals surface area contributed by atoms with Crippen molar-refractivity contribution < 1.29 is 28.6 Å². The maximum absolute atomic E-state index is 13.4. The van der Waals surface area contributed by atoms with Crippen molar-refractivity contribution in [2.45, 2.75) is 175 Å². The van der Waals surface area contributed by atoms with Crippen molar-refractivity contribution in [1.82, 2.24) is 16.0 Å². The van der Waals surface area contributed by atoms with Gasteiger partial charge >= 0.3 is 17.9 Å². The van der Waals surface area contributed by atoms with E-state index < -0.39 is 0 Å². The van der Waals surface area contributed by atoms with E-state index in [1.807, 2.05) is 0 Å². The Morgan fingerprint density at radius 2 is 1.22 bits per heavy atom. The second kappa shape index (κ2) is 16.8. The summed E-state index contributed by atoms with van der Waals surface area (Å²) in [5.41, 5.74) is -0.336. The molecule has 6 unspecified atom stereocenters. The lowest BCUT2D eigenvalue weighted by Crippen LogP contribution is -2.48. The van der Waals surface area contributed by atoms with E-state index in [1.54, 1.807) is 0 Å². The third-order valence-electron chi connectivity index (χ3n) is 12.1. The van der Waals surface area contributed by atoms with Gasteiger partial charge in [0.05, 0.1) is 19.8 Å². The molecule has 0 aromatic heterocycles. The number of nitrogens with one attached hydrogen (secondary N) is 3. The molecule has 0 aromatic carbocycles. The predicted molar refractivity (Wildman–Crippen MR) is 196 cm³/mol. The topological polar surface area (TPSA) is 115 Å². The molecule has 3 N–H and O–H groups in total. The lowest BCUT2D eigenvalue weighted by molar-refractivity contribution is -0.152. The first kappa shape index (κ1) is 41.7. The van der Waals surface area contributed by atoms with E-state index in [0.29, 0.717) is 32.7 Å². The van der Waals surface area contributed by atoms with Gasteiger partial charge in [0.1, 0.15) is 0 Å². The summed E-state index contributed by atoms with van der Waals surface area (Å²) in [4.78, 5) is 39.8. The Morgan fingerprint density at radius 3 is 1.69 bits per heavy atom. The zero-order valence-corrected chi connectivity index (χ0v) is 33.3. The number of hydrogen-bond donors (Lipinski definition) is 3. The molecule has 2 saturated heterocycles. The Hall–Kier alpha value is -1.71. The van der Waals surface area contributed by atoms with Gasteiger partial charge in [-0.25, -0.2) is 0 Å². The minimum Gasteiger partial charge on any atom is -0.465 e. The summed E-state index contributed by atoms with van der Waals surface area (Å²) in [5, 5.41) is 10.9. The van der Waals surface area contributed by atoms with Crippen LogP contribution < -0.4 is 16.0 Å². The molecule has 49 heavy (non-hydrogen) atoms. The number of ether oxygens (including phenoxy) is 3. The van der Waals surface area contributed by atoms with Gasteiger partial charge in [-0.15, -0.1) is 0 Å². The zero-order chi connectivity index (χ0) is 36.8. The van der Waals surface area contributed by atoms with Crippen LogP contribution in [0.2, 0.25) is 0 Å². The molecule has 3 rings (SSSR count). The number of esters is 3. The first-order valence-corrected chi connectivity index (χ1v) is 19.4. The van der Waals surface area contributed by atoms with Crippen molar-refractivity contribution in [1.29, 1.82) is 0 Å². The number of carbonyl (C=O) groups is 3. The summed E-state index contributed by atoms with van der Waals surface area (Å²) >= 11 is 0. The van der Waals surface area contributed by atoms with Gasteiger partial charge in [-0.05, 0) is 132 Å². The highest BCUT2D eigenvalue weighted by atomic mass is 16.5. The van der Waals surface area contributed by atoms with Gasteiger partial charge in [-0.2, -0.15) is 0 Å². The smallest absolute Gasteiger partial charge is 0.306 e. The summed E-state index contributed by atoms with van der Waals surface area (Å²) in [6.45, 7) is 28.1. The molecular formula is C40H73N3O6. The normalized spacial score (nSPS) is 29.3. The van der Waals surface area contributed by atoms with Crippen LogP contribution in [0.15, 0.2) is 0 Å². The highest BCUT2D eigenvalue weighted by Crippen LogP contribution is 2.41. The van der Waals surface area contributed by atoms with E-state index in [-0.39, 0.29) is 94.0 Å². The number of rotatable bonds is 17. The average molecular weight is 692 g/mol. The van der Waals surface area contributed by atoms with Crippen LogP contribution in [0.5, 0.6) is 0 Å². The quantitative estimate of drug-likeness (QED) is 0.110. The second-order valence-corrected chi connectivity index (χ2v) is 18.9. The second-order valence-electron chi connectivity index (χ2n) is 18.9. The summed E-state index contributed by atoms with van der Waals surface area (Å²) in [5.74, 6) is 0.152. The molecule has 9 nitrogen and oxygen atoms in total. The fourth-order valence-corrected chi connectivity index (χ4v) is 9.48. The molecule has 0 aromatic rings. The monoisotopic (exact) mass is 692 g/mol. The van der Waals surface area contributed by atoms with E-state index in [1.165, 1.54) is 0 Å². The van der Waals surface area contributed by atoms with Crippen molar-refractivity contribution in [3.63, 3.8) is 0 Å². The van der Waals surface area contributed by atoms with E-state index in [2.05, 4.69) is 99.0 Å². The summed E-state index contributed by atoms with van der Waals surface area (Å²) in [6, 6.07) is 0. The molecule has 0 radical (unpaired) electrons. The SMILES string of the molecule is CCCC(COC(=O)CC1CC(CC(=O)OCC2CC(C)(C)NC2(C)C)CCC1CC(=O)OCC1CC(C)(C)NC1(C)C)C(C)(C)NCC. The van der Waals surface area contributed by atoms with Gasteiger partial charge in [-0.1, -0.05) is 20.3 Å². The van der Waals surface area contributed by atoms with Crippen molar-refractivity contribution in [2.75, 3.05) is 26.4 Å². The Morgan fingerprint density at radius 1 is 0.735 bits per heavy atom. The van der Waals surface area contributed by atoms with Crippen LogP contribution in [0.25, 0.3) is 0 Å². The maximum Gasteiger partial charge on any atom is 0.306 e. The average Bonchev–Trinajstić information content (AvgIpc) is 3.31. The zero-order valence-electron chi connectivity index (χ0n) is 33.3. The molecule has 3 fully saturated rings. The van der Waals surface area contributed by atoms with Gasteiger partial charge in [0.2, 0.25) is 0 Å². The molecule has 2 aliphatic heterocycles. The Kier molecular flexibility index (Phi) is 14.3. The van der Waals surface area contributed by atoms with Crippen LogP contribution in [0.1, 0.15) is 147 Å². The van der Waals surface area contributed by atoms with Gasteiger partial charge in [0, 0.05) is 64.7 Å². The summed E-state index contributed by atoms with van der Waals surface area (Å²) in [7, 11) is 0. The molecule has 2 heterocycles. The van der Waals surface area contributed by atoms with E-state index in [4.69, 9.17) is 14.2 Å². The maximum atomic E-state index is 13.4. The molecule has 1 saturated carbocycles. The van der Waals surface area contributed by atoms with E-state index in [9.17, 15) is 14.4 Å². The summed E-state index contributed by atoms with van der Waals surface area (Å²) in [6.07, 6.45) is 7.03. The fraction of sp³-hybridized carbons (Fsp3) is 0.925. The fourth-order valence-electron chi connectivity index (χ4n) is 9.48. The first-order chi connectivity index (χ1) is 22.6. The molecule has 0 bridgehead atoms. The number of carbonyl (C=O) groups excluding carboxylic acids is 3. The third-order valence-corrected chi connectivity index (χ3v) is 12.1. The van der Waals surface area contributed by atoms with Crippen LogP contribution in [-0.4, -0.2) is 72.0 Å². The van der Waals surface area contributed by atoms with Crippen molar-refractivity contribution in [3.8, 4) is 0 Å². The summed E-state index contributed by atoms with van der Waals surface area (Å²) < 4.78 is 17.7. The highest BCUT2D eigenvalue weighted by molar-refractivity contribution is 5.72. The third kappa shape index (κ3) is 12.5. The van der Waals surface area contributed by atoms with Crippen LogP contribution >= 0.6 is 0 Å². The largest absolute Gasteiger partial charge is 0.465 e. The standard InChI is InChI=1S/C40H73N3O6/c1-13-15-30(38(7,8)41-14-2)24-47-35(46)21-29-18-27(19-33(44)48-25-31-22-36(3,4)42-39(31,9)10)16-17-28(29)20-34(45)49-26-32-23-37(5,6)43-40(32,11)12/h27-32,41-43H,13-26H2,1-12H3. The first-order valence-electron chi connectivity index (χ1n) is 19.4. The lowest BCUT2D eigenvalue weighted by Gasteiger charge is -2.36. The number of hydrogen-bond acceptors (Lipinski definition) is 9. The molecule has 0 spiro atoms. The van der Waals surface area contributed by atoms with Crippen LogP contribution in [-0.2, 0) is 28.6 Å². The van der Waals surface area contributed by atoms with Gasteiger partial charge in [0.15, 0.2) is 0 Å². The van der Waals surface area contributed by atoms with Crippen molar-refractivity contribution >= 4 is 17.9 Å². The van der Waals surface area contributed by atoms with Gasteiger partial charge < -0.3 is 30.2 Å². The van der Waals surface area contributed by atoms with Crippen LogP contribution in [0.4, 0.5) is 0 Å². The highest BCUT2D eigenvalue weighted by Gasteiger charge is 2.46. The molecule has 6 atom stereocenters. The van der Waals surface area contributed by atoms with Crippen LogP contribution in [0.3, 0.4) is 0 Å². The van der Waals surface area contributed by atoms with E-state index >= 15 is 0 Å². The van der Waals surface area contributed by atoms with Crippen LogP contribution in [0, 0.1) is 35.5 Å². The molecule has 284 valence electrons. The Labute approximate surface area is 298 Å². The Bertz CT molecular complexity index is 1120.